The Morgan fingerprint density at radius 2 is 1.84 bits per heavy atom. The van der Waals surface area contributed by atoms with Gasteiger partial charge in [-0.05, 0) is 31.5 Å². The summed E-state index contributed by atoms with van der Waals surface area (Å²) < 4.78 is 37.9. The summed E-state index contributed by atoms with van der Waals surface area (Å²) in [5, 5.41) is 2.71. The number of hydrogen-bond acceptors (Lipinski definition) is 7. The normalized spacial score (nSPS) is 14.9. The van der Waals surface area contributed by atoms with Crippen LogP contribution < -0.4 is 0 Å². The first-order valence-corrected chi connectivity index (χ1v) is 12.5. The topological polar surface area (TPSA) is 85.8 Å². The molecule has 1 aromatic heterocycles. The minimum Gasteiger partial charge on any atom is -0.456 e. The van der Waals surface area contributed by atoms with Crippen LogP contribution in [0, 0.1) is 13.8 Å². The maximum absolute atomic E-state index is 12.9. The highest BCUT2D eigenvalue weighted by molar-refractivity contribution is 7.89. The van der Waals surface area contributed by atoms with Crippen molar-refractivity contribution >= 4 is 27.3 Å². The molecule has 0 spiro atoms. The second-order valence-corrected chi connectivity index (χ2v) is 10.4. The van der Waals surface area contributed by atoms with Crippen LogP contribution in [0.2, 0.25) is 0 Å². The number of nitrogens with zero attached hydrogens (tertiary/aromatic N) is 2. The number of hydrogen-bond donors (Lipinski definition) is 0. The predicted molar refractivity (Wildman–Crippen MR) is 122 cm³/mol. The van der Waals surface area contributed by atoms with E-state index in [1.54, 1.807) is 13.0 Å². The first-order valence-electron chi connectivity index (χ1n) is 10.2. The van der Waals surface area contributed by atoms with E-state index in [-0.39, 0.29) is 17.1 Å². The van der Waals surface area contributed by atoms with Crippen LogP contribution in [0.5, 0.6) is 0 Å². The fraction of sp³-hybridized carbons (Fsp3) is 0.304. The van der Waals surface area contributed by atoms with E-state index in [1.807, 2.05) is 36.6 Å². The number of rotatable bonds is 6. The first-order chi connectivity index (χ1) is 15.3. The molecule has 1 saturated heterocycles. The second-order valence-electron chi connectivity index (χ2n) is 7.58. The number of carbonyl (C=O) groups excluding carboxylic acids is 1. The number of esters is 1. The Morgan fingerprint density at radius 3 is 2.56 bits per heavy atom. The number of thiazole rings is 1. The number of aryl methyl sites for hydroxylation is 2. The Kier molecular flexibility index (Phi) is 6.71. The van der Waals surface area contributed by atoms with Crippen LogP contribution >= 0.6 is 11.3 Å². The van der Waals surface area contributed by atoms with Gasteiger partial charge in [-0.1, -0.05) is 35.9 Å². The summed E-state index contributed by atoms with van der Waals surface area (Å²) in [6.45, 7) is 5.10. The molecule has 168 valence electrons. The van der Waals surface area contributed by atoms with Gasteiger partial charge >= 0.3 is 5.97 Å². The number of benzene rings is 2. The highest BCUT2D eigenvalue weighted by Crippen LogP contribution is 2.25. The molecule has 0 saturated carbocycles. The Balaban J connectivity index is 1.47. The lowest BCUT2D eigenvalue weighted by Gasteiger charge is -2.26. The number of aromatic nitrogens is 1. The van der Waals surface area contributed by atoms with Crippen molar-refractivity contribution in [2.45, 2.75) is 25.3 Å². The van der Waals surface area contributed by atoms with Gasteiger partial charge in [0.1, 0.15) is 11.6 Å². The van der Waals surface area contributed by atoms with Crippen LogP contribution in [-0.2, 0) is 26.1 Å². The van der Waals surface area contributed by atoms with E-state index in [2.05, 4.69) is 4.98 Å². The maximum atomic E-state index is 12.9. The maximum Gasteiger partial charge on any atom is 0.338 e. The molecule has 4 rings (SSSR count). The molecule has 2 heterocycles. The van der Waals surface area contributed by atoms with Crippen molar-refractivity contribution in [3.05, 3.63) is 70.2 Å². The third-order valence-electron chi connectivity index (χ3n) is 5.24. The molecule has 0 aliphatic carbocycles. The Labute approximate surface area is 191 Å². The lowest BCUT2D eigenvalue weighted by molar-refractivity contribution is 0.0467. The van der Waals surface area contributed by atoms with Gasteiger partial charge in [-0.2, -0.15) is 4.31 Å². The molecule has 7 nitrogen and oxygen atoms in total. The van der Waals surface area contributed by atoms with Crippen LogP contribution in [0.4, 0.5) is 0 Å². The van der Waals surface area contributed by atoms with Crippen LogP contribution in [0.15, 0.2) is 52.7 Å². The van der Waals surface area contributed by atoms with Crippen LogP contribution in [0.25, 0.3) is 10.6 Å². The molecule has 0 unspecified atom stereocenters. The van der Waals surface area contributed by atoms with Gasteiger partial charge in [0.2, 0.25) is 10.0 Å². The number of carbonyl (C=O) groups is 1. The van der Waals surface area contributed by atoms with Gasteiger partial charge in [0.25, 0.3) is 0 Å². The largest absolute Gasteiger partial charge is 0.456 e. The molecule has 0 N–H and O–H groups in total. The van der Waals surface area contributed by atoms with Crippen molar-refractivity contribution < 1.29 is 22.7 Å². The molecule has 3 aromatic rings. The van der Waals surface area contributed by atoms with Gasteiger partial charge in [0.15, 0.2) is 0 Å². The minimum absolute atomic E-state index is 0.0150. The van der Waals surface area contributed by atoms with Crippen molar-refractivity contribution in [3.63, 3.8) is 0 Å². The van der Waals surface area contributed by atoms with E-state index < -0.39 is 16.0 Å². The van der Waals surface area contributed by atoms with Gasteiger partial charge in [0.05, 0.1) is 29.4 Å². The molecule has 0 atom stereocenters. The smallest absolute Gasteiger partial charge is 0.338 e. The van der Waals surface area contributed by atoms with E-state index in [0.717, 1.165) is 10.6 Å². The summed E-state index contributed by atoms with van der Waals surface area (Å²) in [6, 6.07) is 12.6. The number of ether oxygens (including phenoxy) is 2. The van der Waals surface area contributed by atoms with Crippen LogP contribution in [0.3, 0.4) is 0 Å². The highest BCUT2D eigenvalue weighted by Gasteiger charge is 2.27. The second kappa shape index (κ2) is 9.50. The van der Waals surface area contributed by atoms with Crippen LogP contribution in [0.1, 0.15) is 27.2 Å². The van der Waals surface area contributed by atoms with Gasteiger partial charge < -0.3 is 9.47 Å². The van der Waals surface area contributed by atoms with Gasteiger partial charge in [-0.3, -0.25) is 0 Å². The van der Waals surface area contributed by atoms with E-state index in [9.17, 15) is 13.2 Å². The van der Waals surface area contributed by atoms with E-state index in [1.165, 1.54) is 33.3 Å². The summed E-state index contributed by atoms with van der Waals surface area (Å²) in [7, 11) is -3.70. The van der Waals surface area contributed by atoms with E-state index in [0.29, 0.717) is 37.6 Å². The highest BCUT2D eigenvalue weighted by atomic mass is 32.2. The Morgan fingerprint density at radius 1 is 1.12 bits per heavy atom. The molecule has 0 amide bonds. The minimum atomic E-state index is -3.70. The van der Waals surface area contributed by atoms with Crippen molar-refractivity contribution in [2.75, 3.05) is 26.3 Å². The first kappa shape index (κ1) is 22.6. The standard InChI is InChI=1S/C23H24N2O5S2/c1-16-3-6-18(7-4-16)22-24-19(15-31-22)14-30-23(26)21-13-20(8-5-17(21)2)32(27,28)25-9-11-29-12-10-25/h3-8,13,15H,9-12,14H2,1-2H3. The molecular formula is C23H24N2O5S2. The molecule has 32 heavy (non-hydrogen) atoms. The molecule has 0 radical (unpaired) electrons. The van der Waals surface area contributed by atoms with Gasteiger partial charge in [-0.15, -0.1) is 11.3 Å². The summed E-state index contributed by atoms with van der Waals surface area (Å²) in [5.41, 5.74) is 3.71. The zero-order valence-electron chi connectivity index (χ0n) is 17.9. The summed E-state index contributed by atoms with van der Waals surface area (Å²) >= 11 is 1.48. The predicted octanol–water partition coefficient (Wildman–Crippen LogP) is 3.80. The molecule has 1 aliphatic heterocycles. The molecule has 1 aliphatic rings. The zero-order chi connectivity index (χ0) is 22.7. The quantitative estimate of drug-likeness (QED) is 0.507. The molecular weight excluding hydrogens is 448 g/mol. The lowest BCUT2D eigenvalue weighted by Crippen LogP contribution is -2.40. The van der Waals surface area contributed by atoms with E-state index >= 15 is 0 Å². The lowest BCUT2D eigenvalue weighted by atomic mass is 10.1. The van der Waals surface area contributed by atoms with Crippen molar-refractivity contribution in [1.82, 2.24) is 9.29 Å². The SMILES string of the molecule is Cc1ccc(-c2nc(COC(=O)c3cc(S(=O)(=O)N4CCOCC4)ccc3C)cs2)cc1. The average Bonchev–Trinajstić information content (AvgIpc) is 3.28. The molecule has 9 heteroatoms. The summed E-state index contributed by atoms with van der Waals surface area (Å²) in [5.74, 6) is -0.577. The van der Waals surface area contributed by atoms with Gasteiger partial charge in [-0.25, -0.2) is 18.2 Å². The fourth-order valence-corrected chi connectivity index (χ4v) is 5.58. The van der Waals surface area contributed by atoms with Crippen molar-refractivity contribution in [3.8, 4) is 10.6 Å². The third-order valence-corrected chi connectivity index (χ3v) is 8.07. The monoisotopic (exact) mass is 472 g/mol. The van der Waals surface area contributed by atoms with Crippen LogP contribution in [-0.4, -0.2) is 50.0 Å². The zero-order valence-corrected chi connectivity index (χ0v) is 19.5. The van der Waals surface area contributed by atoms with E-state index in [4.69, 9.17) is 9.47 Å². The van der Waals surface area contributed by atoms with Crippen molar-refractivity contribution in [1.29, 1.82) is 0 Å². The van der Waals surface area contributed by atoms with Gasteiger partial charge in [0, 0.05) is 24.0 Å². The third kappa shape index (κ3) is 4.91. The Bertz CT molecular complexity index is 1210. The summed E-state index contributed by atoms with van der Waals surface area (Å²) in [4.78, 5) is 17.4. The number of sulfonamides is 1. The summed E-state index contributed by atoms with van der Waals surface area (Å²) in [6.07, 6.45) is 0. The number of morpholine rings is 1. The molecule has 1 fully saturated rings. The average molecular weight is 473 g/mol. The fourth-order valence-electron chi connectivity index (χ4n) is 3.34. The van der Waals surface area contributed by atoms with Crippen molar-refractivity contribution in [2.24, 2.45) is 0 Å². The Hall–Kier alpha value is -2.59. The molecule has 2 aromatic carbocycles. The molecule has 0 bridgehead atoms.